The molecule has 0 atom stereocenters. The molecule has 0 spiro atoms. The standard InChI is InChI=1S/C15H10BrCl2NO/c16-11-2-1-3-13(8-11)19-15(20)7-5-10-4-6-12(17)9-14(10)18/h1-9H,(H,19,20). The molecule has 0 aliphatic carbocycles. The highest BCUT2D eigenvalue weighted by atomic mass is 79.9. The number of rotatable bonds is 3. The lowest BCUT2D eigenvalue weighted by molar-refractivity contribution is -0.111. The highest BCUT2D eigenvalue weighted by molar-refractivity contribution is 9.10. The molecule has 0 bridgehead atoms. The summed E-state index contributed by atoms with van der Waals surface area (Å²) >= 11 is 15.2. The zero-order valence-electron chi connectivity index (χ0n) is 10.2. The van der Waals surface area contributed by atoms with E-state index in [0.29, 0.717) is 10.0 Å². The van der Waals surface area contributed by atoms with Crippen molar-refractivity contribution >= 4 is 56.8 Å². The molecule has 0 saturated heterocycles. The molecular formula is C15H10BrCl2NO. The van der Waals surface area contributed by atoms with Gasteiger partial charge in [-0.2, -0.15) is 0 Å². The number of benzene rings is 2. The summed E-state index contributed by atoms with van der Waals surface area (Å²) in [6, 6.07) is 12.5. The van der Waals surface area contributed by atoms with E-state index < -0.39 is 0 Å². The van der Waals surface area contributed by atoms with E-state index in [0.717, 1.165) is 15.7 Å². The van der Waals surface area contributed by atoms with Gasteiger partial charge in [0.05, 0.1) is 0 Å². The third kappa shape index (κ3) is 4.37. The van der Waals surface area contributed by atoms with Gasteiger partial charge in [-0.1, -0.05) is 51.3 Å². The summed E-state index contributed by atoms with van der Waals surface area (Å²) in [6.45, 7) is 0. The van der Waals surface area contributed by atoms with E-state index in [9.17, 15) is 4.79 Å². The second-order valence-electron chi connectivity index (χ2n) is 4.00. The van der Waals surface area contributed by atoms with Gasteiger partial charge in [0.2, 0.25) is 5.91 Å². The molecule has 102 valence electrons. The number of carbonyl (C=O) groups is 1. The van der Waals surface area contributed by atoms with E-state index >= 15 is 0 Å². The van der Waals surface area contributed by atoms with Crippen LogP contribution in [0.2, 0.25) is 10.0 Å². The molecule has 2 aromatic carbocycles. The van der Waals surface area contributed by atoms with Gasteiger partial charge >= 0.3 is 0 Å². The van der Waals surface area contributed by atoms with E-state index in [1.54, 1.807) is 24.3 Å². The Morgan fingerprint density at radius 1 is 1.15 bits per heavy atom. The maximum atomic E-state index is 11.8. The maximum Gasteiger partial charge on any atom is 0.248 e. The maximum absolute atomic E-state index is 11.8. The van der Waals surface area contributed by atoms with Crippen LogP contribution >= 0.6 is 39.1 Å². The van der Waals surface area contributed by atoms with Crippen LogP contribution in [0.25, 0.3) is 6.08 Å². The largest absolute Gasteiger partial charge is 0.322 e. The zero-order valence-corrected chi connectivity index (χ0v) is 13.3. The Morgan fingerprint density at radius 3 is 2.65 bits per heavy atom. The van der Waals surface area contributed by atoms with Crippen molar-refractivity contribution in [3.05, 3.63) is 68.6 Å². The van der Waals surface area contributed by atoms with Gasteiger partial charge in [-0.3, -0.25) is 4.79 Å². The Labute approximate surface area is 135 Å². The third-order valence-electron chi connectivity index (χ3n) is 2.47. The molecule has 20 heavy (non-hydrogen) atoms. The molecule has 0 aromatic heterocycles. The quantitative estimate of drug-likeness (QED) is 0.719. The van der Waals surface area contributed by atoms with Crippen molar-refractivity contribution in [1.29, 1.82) is 0 Å². The Kier molecular flexibility index (Phi) is 5.24. The summed E-state index contributed by atoms with van der Waals surface area (Å²) in [5.41, 5.74) is 1.46. The van der Waals surface area contributed by atoms with E-state index in [1.165, 1.54) is 6.08 Å². The molecule has 0 fully saturated rings. The van der Waals surface area contributed by atoms with Crippen LogP contribution in [0.3, 0.4) is 0 Å². The lowest BCUT2D eigenvalue weighted by Gasteiger charge is -2.02. The van der Waals surface area contributed by atoms with Crippen LogP contribution in [0.15, 0.2) is 53.0 Å². The Bertz CT molecular complexity index is 671. The molecule has 0 saturated carbocycles. The van der Waals surface area contributed by atoms with Crippen LogP contribution in [0.5, 0.6) is 0 Å². The molecule has 2 rings (SSSR count). The SMILES string of the molecule is O=C(C=Cc1ccc(Cl)cc1Cl)Nc1cccc(Br)c1. The fourth-order valence-corrected chi connectivity index (χ4v) is 2.42. The van der Waals surface area contributed by atoms with Crippen LogP contribution in [0.4, 0.5) is 5.69 Å². The van der Waals surface area contributed by atoms with Gasteiger partial charge in [0.15, 0.2) is 0 Å². The van der Waals surface area contributed by atoms with Crippen LogP contribution in [0.1, 0.15) is 5.56 Å². The minimum absolute atomic E-state index is 0.228. The number of nitrogens with one attached hydrogen (secondary N) is 1. The first-order chi connectivity index (χ1) is 9.54. The van der Waals surface area contributed by atoms with Crippen LogP contribution in [-0.2, 0) is 4.79 Å². The van der Waals surface area contributed by atoms with E-state index in [-0.39, 0.29) is 5.91 Å². The van der Waals surface area contributed by atoms with Crippen molar-refractivity contribution in [3.8, 4) is 0 Å². The van der Waals surface area contributed by atoms with Gasteiger partial charge in [0.1, 0.15) is 0 Å². The van der Waals surface area contributed by atoms with Crippen molar-refractivity contribution in [2.24, 2.45) is 0 Å². The average Bonchev–Trinajstić information content (AvgIpc) is 2.37. The molecule has 0 unspecified atom stereocenters. The monoisotopic (exact) mass is 369 g/mol. The van der Waals surface area contributed by atoms with Crippen molar-refractivity contribution < 1.29 is 4.79 Å². The summed E-state index contributed by atoms with van der Waals surface area (Å²) in [4.78, 5) is 11.8. The summed E-state index contributed by atoms with van der Waals surface area (Å²) in [5, 5.41) is 3.82. The number of hydrogen-bond acceptors (Lipinski definition) is 1. The Hall–Kier alpha value is -1.29. The van der Waals surface area contributed by atoms with Crippen molar-refractivity contribution in [1.82, 2.24) is 0 Å². The molecule has 1 N–H and O–H groups in total. The third-order valence-corrected chi connectivity index (χ3v) is 3.52. The molecule has 0 radical (unpaired) electrons. The van der Waals surface area contributed by atoms with E-state index in [4.69, 9.17) is 23.2 Å². The zero-order chi connectivity index (χ0) is 14.5. The van der Waals surface area contributed by atoms with Crippen LogP contribution in [0, 0.1) is 0 Å². The van der Waals surface area contributed by atoms with Gasteiger partial charge in [-0.15, -0.1) is 0 Å². The lowest BCUT2D eigenvalue weighted by atomic mass is 10.2. The van der Waals surface area contributed by atoms with Crippen LogP contribution in [-0.4, -0.2) is 5.91 Å². The average molecular weight is 371 g/mol. The molecule has 5 heteroatoms. The highest BCUT2D eigenvalue weighted by Crippen LogP contribution is 2.22. The van der Waals surface area contributed by atoms with Crippen LogP contribution < -0.4 is 5.32 Å². The lowest BCUT2D eigenvalue weighted by Crippen LogP contribution is -2.07. The Morgan fingerprint density at radius 2 is 1.95 bits per heavy atom. The molecule has 2 nitrogen and oxygen atoms in total. The van der Waals surface area contributed by atoms with Crippen molar-refractivity contribution in [2.75, 3.05) is 5.32 Å². The first kappa shape index (κ1) is 15.1. The molecule has 0 aliphatic rings. The molecule has 0 heterocycles. The minimum atomic E-state index is -0.228. The second-order valence-corrected chi connectivity index (χ2v) is 5.76. The molecule has 2 aromatic rings. The minimum Gasteiger partial charge on any atom is -0.322 e. The summed E-state index contributed by atoms with van der Waals surface area (Å²) in [5.74, 6) is -0.228. The number of carbonyl (C=O) groups excluding carboxylic acids is 1. The summed E-state index contributed by atoms with van der Waals surface area (Å²) in [6.07, 6.45) is 3.07. The molecule has 0 aliphatic heterocycles. The second kappa shape index (κ2) is 6.93. The van der Waals surface area contributed by atoms with Crippen molar-refractivity contribution in [2.45, 2.75) is 0 Å². The topological polar surface area (TPSA) is 29.1 Å². The van der Waals surface area contributed by atoms with Gasteiger partial charge in [0, 0.05) is 26.3 Å². The van der Waals surface area contributed by atoms with Gasteiger partial charge in [-0.25, -0.2) is 0 Å². The fraction of sp³-hybridized carbons (Fsp3) is 0. The predicted molar refractivity (Wildman–Crippen MR) is 88.3 cm³/mol. The van der Waals surface area contributed by atoms with Gasteiger partial charge in [0.25, 0.3) is 0 Å². The Balaban J connectivity index is 2.06. The van der Waals surface area contributed by atoms with Crippen molar-refractivity contribution in [3.63, 3.8) is 0 Å². The predicted octanol–water partition coefficient (Wildman–Crippen LogP) is 5.41. The number of amides is 1. The summed E-state index contributed by atoms with van der Waals surface area (Å²) in [7, 11) is 0. The number of halogens is 3. The molecular weight excluding hydrogens is 361 g/mol. The highest BCUT2D eigenvalue weighted by Gasteiger charge is 2.01. The molecule has 1 amide bonds. The first-order valence-electron chi connectivity index (χ1n) is 5.74. The normalized spacial score (nSPS) is 10.8. The van der Waals surface area contributed by atoms with Gasteiger partial charge < -0.3 is 5.32 Å². The first-order valence-corrected chi connectivity index (χ1v) is 7.29. The van der Waals surface area contributed by atoms with E-state index in [1.807, 2.05) is 24.3 Å². The summed E-state index contributed by atoms with van der Waals surface area (Å²) < 4.78 is 0.903. The number of anilines is 1. The smallest absolute Gasteiger partial charge is 0.248 e. The van der Waals surface area contributed by atoms with Gasteiger partial charge in [-0.05, 0) is 42.0 Å². The van der Waals surface area contributed by atoms with E-state index in [2.05, 4.69) is 21.2 Å². The fourth-order valence-electron chi connectivity index (χ4n) is 1.55. The number of hydrogen-bond donors (Lipinski definition) is 1.